The van der Waals surface area contributed by atoms with Gasteiger partial charge < -0.3 is 14.6 Å². The van der Waals surface area contributed by atoms with Crippen molar-refractivity contribution in [1.29, 1.82) is 0 Å². The van der Waals surface area contributed by atoms with Gasteiger partial charge in [0.05, 0.1) is 6.10 Å². The SMILES string of the molecule is CN(CCc1nccn1C)C1CCCCC1O. The standard InChI is InChI=1S/C13H23N3O/c1-15(11-5-3-4-6-12(11)17)9-7-13-14-8-10-16(13)2/h8,10-12,17H,3-7,9H2,1-2H3. The highest BCUT2D eigenvalue weighted by molar-refractivity contribution is 4.92. The molecule has 1 aromatic rings. The van der Waals surface area contributed by atoms with Crippen molar-refractivity contribution < 1.29 is 5.11 Å². The predicted octanol–water partition coefficient (Wildman–Crippen LogP) is 1.20. The van der Waals surface area contributed by atoms with Crippen LogP contribution in [-0.4, -0.2) is 45.3 Å². The van der Waals surface area contributed by atoms with E-state index in [1.54, 1.807) is 0 Å². The van der Waals surface area contributed by atoms with Gasteiger partial charge in [-0.1, -0.05) is 12.8 Å². The molecule has 0 spiro atoms. The first-order valence-corrected chi connectivity index (χ1v) is 6.53. The van der Waals surface area contributed by atoms with Gasteiger partial charge in [-0.3, -0.25) is 0 Å². The molecule has 1 aliphatic rings. The second-order valence-corrected chi connectivity index (χ2v) is 5.10. The zero-order valence-corrected chi connectivity index (χ0v) is 10.8. The zero-order chi connectivity index (χ0) is 12.3. The summed E-state index contributed by atoms with van der Waals surface area (Å²) in [6.45, 7) is 0.965. The van der Waals surface area contributed by atoms with Gasteiger partial charge in [0.15, 0.2) is 0 Å². The highest BCUT2D eigenvalue weighted by Crippen LogP contribution is 2.22. The molecule has 0 saturated heterocycles. The molecule has 1 saturated carbocycles. The van der Waals surface area contributed by atoms with Crippen LogP contribution in [0.3, 0.4) is 0 Å². The molecular formula is C13H23N3O. The lowest BCUT2D eigenvalue weighted by molar-refractivity contribution is 0.0325. The fourth-order valence-electron chi connectivity index (χ4n) is 2.69. The van der Waals surface area contributed by atoms with Crippen molar-refractivity contribution in [2.24, 2.45) is 7.05 Å². The van der Waals surface area contributed by atoms with Crippen molar-refractivity contribution in [3.05, 3.63) is 18.2 Å². The maximum Gasteiger partial charge on any atom is 0.109 e. The lowest BCUT2D eigenvalue weighted by atomic mass is 9.91. The number of aryl methyl sites for hydroxylation is 1. The minimum Gasteiger partial charge on any atom is -0.391 e. The van der Waals surface area contributed by atoms with Crippen LogP contribution in [0.2, 0.25) is 0 Å². The summed E-state index contributed by atoms with van der Waals surface area (Å²) in [4.78, 5) is 6.62. The fraction of sp³-hybridized carbons (Fsp3) is 0.769. The Morgan fingerprint density at radius 1 is 1.47 bits per heavy atom. The van der Waals surface area contributed by atoms with E-state index in [2.05, 4.69) is 21.5 Å². The van der Waals surface area contributed by atoms with Gasteiger partial charge in [-0.25, -0.2) is 4.98 Å². The smallest absolute Gasteiger partial charge is 0.109 e. The Balaban J connectivity index is 1.84. The van der Waals surface area contributed by atoms with Crippen molar-refractivity contribution in [2.75, 3.05) is 13.6 Å². The van der Waals surface area contributed by atoms with Crippen LogP contribution in [0.15, 0.2) is 12.4 Å². The van der Waals surface area contributed by atoms with Crippen LogP contribution in [0.25, 0.3) is 0 Å². The van der Waals surface area contributed by atoms with E-state index in [0.29, 0.717) is 6.04 Å². The van der Waals surface area contributed by atoms with Crippen molar-refractivity contribution in [1.82, 2.24) is 14.5 Å². The summed E-state index contributed by atoms with van der Waals surface area (Å²) in [5, 5.41) is 9.99. The quantitative estimate of drug-likeness (QED) is 0.855. The number of rotatable bonds is 4. The molecule has 0 aromatic carbocycles. The lowest BCUT2D eigenvalue weighted by Crippen LogP contribution is -2.44. The number of aliphatic hydroxyl groups excluding tert-OH is 1. The molecule has 1 fully saturated rings. The molecule has 4 heteroatoms. The second kappa shape index (κ2) is 5.65. The molecule has 1 aromatic heterocycles. The minimum absolute atomic E-state index is 0.143. The molecule has 17 heavy (non-hydrogen) atoms. The summed E-state index contributed by atoms with van der Waals surface area (Å²) in [5.41, 5.74) is 0. The number of aromatic nitrogens is 2. The number of hydrogen-bond acceptors (Lipinski definition) is 3. The van der Waals surface area contributed by atoms with Gasteiger partial charge in [0.1, 0.15) is 5.82 Å². The summed E-state index contributed by atoms with van der Waals surface area (Å²) in [5.74, 6) is 1.11. The molecule has 0 aliphatic heterocycles. The highest BCUT2D eigenvalue weighted by atomic mass is 16.3. The molecule has 0 radical (unpaired) electrons. The average molecular weight is 237 g/mol. The van der Waals surface area contributed by atoms with Gasteiger partial charge in [-0.05, 0) is 19.9 Å². The first-order chi connectivity index (χ1) is 8.18. The monoisotopic (exact) mass is 237 g/mol. The Morgan fingerprint density at radius 3 is 2.88 bits per heavy atom. The molecule has 4 nitrogen and oxygen atoms in total. The van der Waals surface area contributed by atoms with Crippen LogP contribution in [0, 0.1) is 0 Å². The third kappa shape index (κ3) is 3.07. The number of imidazole rings is 1. The van der Waals surface area contributed by atoms with Crippen LogP contribution in [0.5, 0.6) is 0 Å². The molecule has 2 unspecified atom stereocenters. The third-order valence-electron chi connectivity index (χ3n) is 3.87. The largest absolute Gasteiger partial charge is 0.391 e. The summed E-state index contributed by atoms with van der Waals surface area (Å²) >= 11 is 0. The molecule has 2 atom stereocenters. The van der Waals surface area contributed by atoms with E-state index >= 15 is 0 Å². The Labute approximate surface area is 103 Å². The van der Waals surface area contributed by atoms with E-state index in [9.17, 15) is 5.11 Å². The normalized spacial score (nSPS) is 25.4. The van der Waals surface area contributed by atoms with Crippen LogP contribution in [0.1, 0.15) is 31.5 Å². The molecule has 1 heterocycles. The summed E-state index contributed by atoms with van der Waals surface area (Å²) in [6.07, 6.45) is 9.11. The van der Waals surface area contributed by atoms with E-state index in [4.69, 9.17) is 0 Å². The number of hydrogen-bond donors (Lipinski definition) is 1. The van der Waals surface area contributed by atoms with Crippen LogP contribution in [-0.2, 0) is 13.5 Å². The van der Waals surface area contributed by atoms with Crippen molar-refractivity contribution >= 4 is 0 Å². The van der Waals surface area contributed by atoms with Gasteiger partial charge in [0.25, 0.3) is 0 Å². The molecule has 1 aliphatic carbocycles. The Morgan fingerprint density at radius 2 is 2.24 bits per heavy atom. The van der Waals surface area contributed by atoms with Crippen molar-refractivity contribution in [3.63, 3.8) is 0 Å². The fourth-order valence-corrected chi connectivity index (χ4v) is 2.69. The number of aliphatic hydroxyl groups is 1. The summed E-state index contributed by atoms with van der Waals surface area (Å²) in [7, 11) is 4.14. The van der Waals surface area contributed by atoms with E-state index in [0.717, 1.165) is 31.6 Å². The Hall–Kier alpha value is -0.870. The number of likely N-dealkylation sites (N-methyl/N-ethyl adjacent to an activating group) is 1. The first-order valence-electron chi connectivity index (χ1n) is 6.53. The summed E-state index contributed by atoms with van der Waals surface area (Å²) in [6, 6.07) is 0.337. The lowest BCUT2D eigenvalue weighted by Gasteiger charge is -2.35. The molecular weight excluding hydrogens is 214 g/mol. The summed E-state index contributed by atoms with van der Waals surface area (Å²) < 4.78 is 2.06. The molecule has 0 bridgehead atoms. The van der Waals surface area contributed by atoms with Gasteiger partial charge in [0.2, 0.25) is 0 Å². The van der Waals surface area contributed by atoms with Crippen molar-refractivity contribution in [3.8, 4) is 0 Å². The van der Waals surface area contributed by atoms with Crippen LogP contribution in [0.4, 0.5) is 0 Å². The Bertz CT molecular complexity index is 350. The first kappa shape index (κ1) is 12.6. The highest BCUT2D eigenvalue weighted by Gasteiger charge is 2.26. The maximum atomic E-state index is 9.99. The van der Waals surface area contributed by atoms with Crippen LogP contribution < -0.4 is 0 Å². The minimum atomic E-state index is -0.143. The molecule has 1 N–H and O–H groups in total. The van der Waals surface area contributed by atoms with Crippen LogP contribution >= 0.6 is 0 Å². The second-order valence-electron chi connectivity index (χ2n) is 5.10. The molecule has 96 valence electrons. The van der Waals surface area contributed by atoms with Gasteiger partial charge in [-0.2, -0.15) is 0 Å². The van der Waals surface area contributed by atoms with Crippen molar-refractivity contribution in [2.45, 2.75) is 44.2 Å². The number of nitrogens with zero attached hydrogens (tertiary/aromatic N) is 3. The Kier molecular flexibility index (Phi) is 4.18. The zero-order valence-electron chi connectivity index (χ0n) is 10.8. The van der Waals surface area contributed by atoms with E-state index in [1.165, 1.54) is 12.8 Å². The topological polar surface area (TPSA) is 41.3 Å². The maximum absolute atomic E-state index is 9.99. The van der Waals surface area contributed by atoms with E-state index in [-0.39, 0.29) is 6.10 Å². The van der Waals surface area contributed by atoms with E-state index in [1.807, 2.05) is 19.4 Å². The van der Waals surface area contributed by atoms with Gasteiger partial charge >= 0.3 is 0 Å². The van der Waals surface area contributed by atoms with Gasteiger partial charge in [0, 0.05) is 38.4 Å². The average Bonchev–Trinajstić information content (AvgIpc) is 2.72. The third-order valence-corrected chi connectivity index (χ3v) is 3.87. The molecule has 0 amide bonds. The predicted molar refractivity (Wildman–Crippen MR) is 67.8 cm³/mol. The molecule has 2 rings (SSSR count). The van der Waals surface area contributed by atoms with E-state index < -0.39 is 0 Å². The van der Waals surface area contributed by atoms with Gasteiger partial charge in [-0.15, -0.1) is 0 Å².